The molecule has 1 fully saturated rings. The maximum Gasteiger partial charge on any atom is 0.224 e. The molecule has 8 nitrogen and oxygen atoms in total. The summed E-state index contributed by atoms with van der Waals surface area (Å²) in [5, 5.41) is 2.98. The summed E-state index contributed by atoms with van der Waals surface area (Å²) in [7, 11) is 0. The number of aliphatic imine (C=N–C) groups is 1. The van der Waals surface area contributed by atoms with Crippen LogP contribution in [0.4, 0.5) is 11.4 Å². The van der Waals surface area contributed by atoms with E-state index in [9.17, 15) is 4.79 Å². The predicted molar refractivity (Wildman–Crippen MR) is 163 cm³/mol. The van der Waals surface area contributed by atoms with Crippen LogP contribution in [0, 0.1) is 12.8 Å². The number of nitrogens with zero attached hydrogens (tertiary/aromatic N) is 5. The molecule has 1 saturated heterocycles. The molecular formula is C32H39N7O. The number of hydrogen-bond donors (Lipinski definition) is 2. The van der Waals surface area contributed by atoms with Crippen molar-refractivity contribution in [3.8, 4) is 11.1 Å². The first kappa shape index (κ1) is 27.5. The predicted octanol–water partition coefficient (Wildman–Crippen LogP) is 6.55. The number of fused-ring (bicyclic) bond motifs is 1. The molecule has 1 aliphatic heterocycles. The lowest BCUT2D eigenvalue weighted by Crippen LogP contribution is -2.29. The highest BCUT2D eigenvalue weighted by atomic mass is 16.1. The standard InChI is InChI=1S/C32H39N7O/c1-5-11-35-30(32-37-27-19-34-20-28(31(27)38-32)39-12-7-6-8-13-39)26-16-23(10-9-22(26)4)24-15-25(18-33-17-24)36-29(40)14-21(2)3/h9-10,15-21H,5-8,11-14H2,1-4H3,(H,36,40)(H,37,38). The van der Waals surface area contributed by atoms with Crippen LogP contribution in [-0.2, 0) is 4.79 Å². The Morgan fingerprint density at radius 1 is 1.05 bits per heavy atom. The monoisotopic (exact) mass is 537 g/mol. The van der Waals surface area contributed by atoms with Gasteiger partial charge in [-0.15, -0.1) is 0 Å². The summed E-state index contributed by atoms with van der Waals surface area (Å²) in [6, 6.07) is 8.32. The zero-order chi connectivity index (χ0) is 28.1. The van der Waals surface area contributed by atoms with Gasteiger partial charge >= 0.3 is 0 Å². The van der Waals surface area contributed by atoms with Gasteiger partial charge in [-0.05, 0) is 61.8 Å². The lowest BCUT2D eigenvalue weighted by molar-refractivity contribution is -0.116. The fourth-order valence-corrected chi connectivity index (χ4v) is 5.21. The van der Waals surface area contributed by atoms with Gasteiger partial charge in [0.2, 0.25) is 5.91 Å². The molecule has 0 radical (unpaired) electrons. The first-order valence-electron chi connectivity index (χ1n) is 14.4. The van der Waals surface area contributed by atoms with Crippen molar-refractivity contribution in [2.75, 3.05) is 29.9 Å². The van der Waals surface area contributed by atoms with E-state index < -0.39 is 0 Å². The van der Waals surface area contributed by atoms with Crippen molar-refractivity contribution in [1.29, 1.82) is 0 Å². The fourth-order valence-electron chi connectivity index (χ4n) is 5.21. The molecule has 0 saturated carbocycles. The topological polar surface area (TPSA) is 99.2 Å². The second-order valence-electron chi connectivity index (χ2n) is 11.1. The van der Waals surface area contributed by atoms with Crippen molar-refractivity contribution in [2.45, 2.75) is 59.8 Å². The van der Waals surface area contributed by atoms with Crippen LogP contribution >= 0.6 is 0 Å². The van der Waals surface area contributed by atoms with Gasteiger partial charge in [-0.3, -0.25) is 19.8 Å². The van der Waals surface area contributed by atoms with E-state index in [2.05, 4.69) is 57.2 Å². The van der Waals surface area contributed by atoms with Gasteiger partial charge in [-0.2, -0.15) is 0 Å². The highest BCUT2D eigenvalue weighted by Crippen LogP contribution is 2.29. The van der Waals surface area contributed by atoms with Crippen LogP contribution in [-0.4, -0.2) is 51.2 Å². The van der Waals surface area contributed by atoms with E-state index in [-0.39, 0.29) is 5.91 Å². The van der Waals surface area contributed by atoms with Crippen LogP contribution in [0.1, 0.15) is 69.8 Å². The number of carbonyl (C=O) groups is 1. The quantitative estimate of drug-likeness (QED) is 0.236. The van der Waals surface area contributed by atoms with E-state index >= 15 is 0 Å². The van der Waals surface area contributed by atoms with Gasteiger partial charge < -0.3 is 15.2 Å². The van der Waals surface area contributed by atoms with Crippen LogP contribution in [0.5, 0.6) is 0 Å². The van der Waals surface area contributed by atoms with Crippen molar-refractivity contribution in [2.24, 2.45) is 10.9 Å². The Balaban J connectivity index is 1.52. The number of hydrogen-bond acceptors (Lipinski definition) is 6. The number of pyridine rings is 2. The van der Waals surface area contributed by atoms with E-state index in [1.54, 1.807) is 6.20 Å². The molecule has 3 aromatic heterocycles. The molecule has 4 aromatic rings. The van der Waals surface area contributed by atoms with Gasteiger partial charge in [0, 0.05) is 43.4 Å². The number of aromatic amines is 1. The third-order valence-electron chi connectivity index (χ3n) is 7.23. The molecule has 208 valence electrons. The van der Waals surface area contributed by atoms with Crippen LogP contribution in [0.3, 0.4) is 0 Å². The summed E-state index contributed by atoms with van der Waals surface area (Å²) < 4.78 is 0. The van der Waals surface area contributed by atoms with Gasteiger partial charge in [0.1, 0.15) is 11.2 Å². The SMILES string of the molecule is CCCN=C(c1nc2c(N3CCCCC3)cncc2[nH]1)c1cc(-c2cncc(NC(=O)CC(C)C)c2)ccc1C. The van der Waals surface area contributed by atoms with Crippen molar-refractivity contribution in [3.63, 3.8) is 0 Å². The van der Waals surface area contributed by atoms with E-state index in [0.29, 0.717) is 24.6 Å². The third-order valence-corrected chi connectivity index (χ3v) is 7.23. The minimum absolute atomic E-state index is 0.00386. The van der Waals surface area contributed by atoms with Crippen LogP contribution in [0.2, 0.25) is 0 Å². The highest BCUT2D eigenvalue weighted by Gasteiger charge is 2.20. The van der Waals surface area contributed by atoms with Gasteiger partial charge in [-0.1, -0.05) is 32.9 Å². The molecule has 0 unspecified atom stereocenters. The largest absolute Gasteiger partial charge is 0.368 e. The van der Waals surface area contributed by atoms with E-state index in [0.717, 1.165) is 70.0 Å². The van der Waals surface area contributed by atoms with Crippen LogP contribution in [0.25, 0.3) is 22.2 Å². The Morgan fingerprint density at radius 3 is 2.62 bits per heavy atom. The molecule has 0 aliphatic carbocycles. The minimum atomic E-state index is -0.00386. The van der Waals surface area contributed by atoms with Crippen LogP contribution < -0.4 is 10.2 Å². The summed E-state index contributed by atoms with van der Waals surface area (Å²) in [6.07, 6.45) is 12.4. The lowest BCUT2D eigenvalue weighted by Gasteiger charge is -2.28. The van der Waals surface area contributed by atoms with Gasteiger partial charge in [0.15, 0.2) is 5.82 Å². The maximum atomic E-state index is 12.3. The number of nitrogens with one attached hydrogen (secondary N) is 2. The number of H-pyrrole nitrogens is 1. The molecule has 0 bridgehead atoms. The number of rotatable bonds is 9. The molecule has 1 amide bonds. The van der Waals surface area contributed by atoms with E-state index in [4.69, 9.17) is 9.98 Å². The number of amides is 1. The average Bonchev–Trinajstić information content (AvgIpc) is 3.38. The Morgan fingerprint density at radius 2 is 1.85 bits per heavy atom. The smallest absolute Gasteiger partial charge is 0.224 e. The Hall–Kier alpha value is -4.07. The fraction of sp³-hybridized carbons (Fsp3) is 0.406. The van der Waals surface area contributed by atoms with E-state index in [1.165, 1.54) is 19.3 Å². The number of carbonyl (C=O) groups excluding carboxylic acids is 1. The summed E-state index contributed by atoms with van der Waals surface area (Å²) in [5.41, 5.74) is 8.56. The second-order valence-corrected chi connectivity index (χ2v) is 11.1. The number of aryl methyl sites for hydroxylation is 1. The molecule has 0 spiro atoms. The molecule has 40 heavy (non-hydrogen) atoms. The molecular weight excluding hydrogens is 498 g/mol. The van der Waals surface area contributed by atoms with Crippen molar-refractivity contribution >= 4 is 34.0 Å². The first-order valence-corrected chi connectivity index (χ1v) is 14.4. The zero-order valence-electron chi connectivity index (χ0n) is 24.0. The Labute approximate surface area is 236 Å². The van der Waals surface area contributed by atoms with Crippen molar-refractivity contribution < 1.29 is 4.79 Å². The lowest BCUT2D eigenvalue weighted by atomic mass is 9.97. The van der Waals surface area contributed by atoms with Gasteiger partial charge in [0.05, 0.1) is 35.5 Å². The second kappa shape index (κ2) is 12.4. The molecule has 1 aromatic carbocycles. The average molecular weight is 538 g/mol. The van der Waals surface area contributed by atoms with Gasteiger partial charge in [-0.25, -0.2) is 4.98 Å². The minimum Gasteiger partial charge on any atom is -0.368 e. The van der Waals surface area contributed by atoms with Crippen LogP contribution in [0.15, 0.2) is 54.0 Å². The molecule has 5 rings (SSSR count). The number of imidazole rings is 1. The molecule has 1 aliphatic rings. The first-order chi connectivity index (χ1) is 19.4. The molecule has 4 heterocycles. The third kappa shape index (κ3) is 6.22. The van der Waals surface area contributed by atoms with Crippen molar-refractivity contribution in [3.05, 3.63) is 66.0 Å². The van der Waals surface area contributed by atoms with Gasteiger partial charge in [0.25, 0.3) is 0 Å². The number of aromatic nitrogens is 4. The zero-order valence-corrected chi connectivity index (χ0v) is 24.0. The van der Waals surface area contributed by atoms with E-state index in [1.807, 2.05) is 38.5 Å². The highest BCUT2D eigenvalue weighted by molar-refractivity contribution is 6.13. The maximum absolute atomic E-state index is 12.3. The Bertz CT molecular complexity index is 1510. The molecule has 8 heteroatoms. The number of benzene rings is 1. The summed E-state index contributed by atoms with van der Waals surface area (Å²) >= 11 is 0. The molecule has 2 N–H and O–H groups in total. The Kier molecular flexibility index (Phi) is 8.53. The molecule has 0 atom stereocenters. The summed E-state index contributed by atoms with van der Waals surface area (Å²) in [5.74, 6) is 1.04. The van der Waals surface area contributed by atoms with Crippen molar-refractivity contribution in [1.82, 2.24) is 19.9 Å². The number of piperidine rings is 1. The summed E-state index contributed by atoms with van der Waals surface area (Å²) in [6.45, 7) is 11.1. The number of anilines is 2. The summed E-state index contributed by atoms with van der Waals surface area (Å²) in [4.78, 5) is 37.3. The normalized spacial score (nSPS) is 14.2.